The number of amides is 4. The molecule has 0 bridgehead atoms. The maximum Gasteiger partial charge on any atom is 0.410 e. The molecule has 4 amide bonds. The van der Waals surface area contributed by atoms with Gasteiger partial charge >= 0.3 is 18.2 Å². The van der Waals surface area contributed by atoms with Crippen molar-refractivity contribution in [3.63, 3.8) is 0 Å². The molecule has 0 aliphatic carbocycles. The second kappa shape index (κ2) is 33.3. The second-order valence-corrected chi connectivity index (χ2v) is 22.5. The Bertz CT molecular complexity index is 3180. The van der Waals surface area contributed by atoms with E-state index in [1.807, 2.05) is 212 Å². The van der Waals surface area contributed by atoms with Gasteiger partial charge < -0.3 is 49.1 Å². The lowest BCUT2D eigenvalue weighted by Crippen LogP contribution is -2.70. The Kier molecular flexibility index (Phi) is 24.6. The predicted octanol–water partition coefficient (Wildman–Crippen LogP) is 11.0. The number of carbonyl (C=O) groups excluding carboxylic acids is 5. The van der Waals surface area contributed by atoms with E-state index in [4.69, 9.17) is 33.2 Å². The Hall–Kier alpha value is -8.67. The third-order valence-electron chi connectivity index (χ3n) is 14.8. The van der Waals surface area contributed by atoms with Crippen molar-refractivity contribution in [2.45, 2.75) is 140 Å². The number of nitrogens with one attached hydrogen (secondary N) is 3. The molecule has 0 unspecified atom stereocenters. The SMILES string of the molecule is COC(=O)[C@H](Cc1ccccc1)NC(=O)[C@H](CCC[C@H]1[C@H](OCc2ccccc2)[C@@H](OCc2ccccc2)[C@@H](OCc2ccccc2)[C@H](COCc2ccccc2)N1C(=O)OCc1ccccc1)NC(=O)[C@H](Cc1ccccc1)NC(=O)OC(C)(C)C. The minimum absolute atomic E-state index is 0.0211. The number of likely N-dealkylation sites (tertiary alicyclic amines) is 1. The highest BCUT2D eigenvalue weighted by atomic mass is 16.6. The van der Waals surface area contributed by atoms with Crippen molar-refractivity contribution in [3.8, 4) is 0 Å². The van der Waals surface area contributed by atoms with Crippen LogP contribution >= 0.6 is 0 Å². The Morgan fingerprint density at radius 2 is 0.828 bits per heavy atom. The van der Waals surface area contributed by atoms with Gasteiger partial charge in [0.1, 0.15) is 48.6 Å². The number of alkyl carbamates (subject to hydrolysis) is 1. The van der Waals surface area contributed by atoms with Gasteiger partial charge in [-0.3, -0.25) is 14.5 Å². The molecule has 0 saturated carbocycles. The summed E-state index contributed by atoms with van der Waals surface area (Å²) in [5, 5.41) is 8.60. The van der Waals surface area contributed by atoms with Crippen molar-refractivity contribution in [1.29, 1.82) is 0 Å². The Morgan fingerprint density at radius 3 is 1.28 bits per heavy atom. The molecule has 0 aromatic heterocycles. The third kappa shape index (κ3) is 20.5. The van der Waals surface area contributed by atoms with Crippen LogP contribution in [-0.4, -0.2) is 103 Å². The molecule has 1 saturated heterocycles. The molecule has 0 radical (unpaired) electrons. The molecule has 3 N–H and O–H groups in total. The second-order valence-electron chi connectivity index (χ2n) is 22.5. The van der Waals surface area contributed by atoms with Gasteiger partial charge in [-0.25, -0.2) is 14.4 Å². The van der Waals surface area contributed by atoms with Crippen LogP contribution < -0.4 is 16.0 Å². The summed E-state index contributed by atoms with van der Waals surface area (Å²) in [4.78, 5) is 74.2. The first-order valence-corrected chi connectivity index (χ1v) is 29.6. The fourth-order valence-corrected chi connectivity index (χ4v) is 10.5. The van der Waals surface area contributed by atoms with Gasteiger partial charge in [-0.1, -0.05) is 212 Å². The topological polar surface area (TPSA) is 189 Å². The smallest absolute Gasteiger partial charge is 0.410 e. The van der Waals surface area contributed by atoms with E-state index in [1.165, 1.54) is 7.11 Å². The standard InChI is InChI=1S/C71H80N4O12/c1-71(2,3)87-69(79)74-59(43-51-27-12-5-13-28-51)67(77)72-58(66(76)73-60(68(78)81-4)44-52-29-14-6-15-30-52)41-26-42-61-63(83-46-54-33-18-8-19-34-54)65(85-48-56-37-22-10-23-38-56)64(84-47-55-35-20-9-21-36-55)62(50-82-45-53-31-16-7-17-32-53)75(61)70(80)86-49-57-39-24-11-25-40-57/h5-25,27-40,58-65H,26,41-50H2,1-4H3,(H,72,77)(H,73,76)(H,74,79)/t58-,59-,60-,61-,62-,63-,64-,65+/m0/s1. The molecule has 456 valence electrons. The first-order valence-electron chi connectivity index (χ1n) is 29.6. The number of piperidine rings is 1. The minimum Gasteiger partial charge on any atom is -0.467 e. The van der Waals surface area contributed by atoms with Crippen molar-refractivity contribution in [1.82, 2.24) is 20.9 Å². The van der Waals surface area contributed by atoms with Crippen LogP contribution in [0.5, 0.6) is 0 Å². The summed E-state index contributed by atoms with van der Waals surface area (Å²) in [6.45, 7) is 5.71. The maximum atomic E-state index is 15.6. The third-order valence-corrected chi connectivity index (χ3v) is 14.8. The number of hydrogen-bond donors (Lipinski definition) is 3. The highest BCUT2D eigenvalue weighted by molar-refractivity contribution is 5.93. The highest BCUT2D eigenvalue weighted by Crippen LogP contribution is 2.36. The average Bonchev–Trinajstić information content (AvgIpc) is 1.15. The molecule has 8 atom stereocenters. The number of hydrogen-bond acceptors (Lipinski definition) is 12. The number of methoxy groups -OCH3 is 1. The lowest BCUT2D eigenvalue weighted by Gasteiger charge is -2.52. The van der Waals surface area contributed by atoms with E-state index in [9.17, 15) is 14.4 Å². The van der Waals surface area contributed by atoms with E-state index in [2.05, 4.69) is 16.0 Å². The molecule has 87 heavy (non-hydrogen) atoms. The lowest BCUT2D eigenvalue weighted by atomic mass is 9.84. The monoisotopic (exact) mass is 1180 g/mol. The number of carbonyl (C=O) groups is 5. The van der Waals surface area contributed by atoms with Gasteiger partial charge in [-0.2, -0.15) is 0 Å². The van der Waals surface area contributed by atoms with Crippen LogP contribution in [0, 0.1) is 0 Å². The van der Waals surface area contributed by atoms with E-state index in [1.54, 1.807) is 25.7 Å². The molecule has 1 aliphatic heterocycles. The summed E-state index contributed by atoms with van der Waals surface area (Å²) in [5.74, 6) is -2.06. The highest BCUT2D eigenvalue weighted by Gasteiger charge is 2.54. The molecule has 16 heteroatoms. The first-order chi connectivity index (χ1) is 42.3. The van der Waals surface area contributed by atoms with Gasteiger partial charge in [-0.15, -0.1) is 0 Å². The number of esters is 1. The quantitative estimate of drug-likeness (QED) is 0.0298. The zero-order chi connectivity index (χ0) is 61.2. The Balaban J connectivity index is 1.20. The zero-order valence-electron chi connectivity index (χ0n) is 50.0. The van der Waals surface area contributed by atoms with Crippen LogP contribution in [-0.2, 0) is 93.4 Å². The van der Waals surface area contributed by atoms with Gasteiger partial charge in [0.05, 0.1) is 52.2 Å². The van der Waals surface area contributed by atoms with Gasteiger partial charge in [-0.05, 0) is 79.0 Å². The molecule has 1 fully saturated rings. The van der Waals surface area contributed by atoms with E-state index in [-0.39, 0.29) is 71.7 Å². The van der Waals surface area contributed by atoms with E-state index in [0.717, 1.165) is 38.9 Å². The summed E-state index contributed by atoms with van der Waals surface area (Å²) >= 11 is 0. The van der Waals surface area contributed by atoms with Crippen LogP contribution in [0.1, 0.15) is 79.0 Å². The first kappa shape index (κ1) is 64.3. The number of nitrogens with zero attached hydrogens (tertiary/aromatic N) is 1. The molecule has 0 spiro atoms. The predicted molar refractivity (Wildman–Crippen MR) is 330 cm³/mol. The number of rotatable bonds is 29. The number of benzene rings is 7. The number of ether oxygens (including phenoxy) is 7. The van der Waals surface area contributed by atoms with Crippen LogP contribution in [0.3, 0.4) is 0 Å². The van der Waals surface area contributed by atoms with Crippen LogP contribution in [0.2, 0.25) is 0 Å². The van der Waals surface area contributed by atoms with Crippen molar-refractivity contribution < 1.29 is 57.1 Å². The summed E-state index contributed by atoms with van der Waals surface area (Å²) in [7, 11) is 1.24. The van der Waals surface area contributed by atoms with Gasteiger partial charge in [0, 0.05) is 12.8 Å². The summed E-state index contributed by atoms with van der Waals surface area (Å²) in [6.07, 6.45) is -3.74. The normalized spacial score (nSPS) is 17.6. The summed E-state index contributed by atoms with van der Waals surface area (Å²) in [5.41, 5.74) is 4.94. The van der Waals surface area contributed by atoms with Crippen LogP contribution in [0.15, 0.2) is 212 Å². The molecule has 16 nitrogen and oxygen atoms in total. The lowest BCUT2D eigenvalue weighted by molar-refractivity contribution is -0.223. The largest absolute Gasteiger partial charge is 0.467 e. The van der Waals surface area contributed by atoms with E-state index >= 15 is 9.59 Å². The molecule has 1 heterocycles. The van der Waals surface area contributed by atoms with E-state index in [0.29, 0.717) is 0 Å². The fraction of sp³-hybridized carbons (Fsp3) is 0.338. The summed E-state index contributed by atoms with van der Waals surface area (Å²) < 4.78 is 45.2. The minimum atomic E-state index is -1.32. The van der Waals surface area contributed by atoms with Gasteiger partial charge in [0.2, 0.25) is 11.8 Å². The Labute approximate surface area is 510 Å². The molecule has 7 aromatic carbocycles. The van der Waals surface area contributed by atoms with Crippen LogP contribution in [0.25, 0.3) is 0 Å². The molecule has 8 rings (SSSR count). The fourth-order valence-electron chi connectivity index (χ4n) is 10.5. The van der Waals surface area contributed by atoms with Crippen LogP contribution in [0.4, 0.5) is 9.59 Å². The van der Waals surface area contributed by atoms with Gasteiger partial charge in [0.25, 0.3) is 0 Å². The van der Waals surface area contributed by atoms with E-state index < -0.39 is 84.1 Å². The maximum absolute atomic E-state index is 15.6. The van der Waals surface area contributed by atoms with Crippen molar-refractivity contribution in [2.24, 2.45) is 0 Å². The van der Waals surface area contributed by atoms with Crippen molar-refractivity contribution in [2.75, 3.05) is 13.7 Å². The molecule has 1 aliphatic rings. The molecular formula is C71H80N4O12. The van der Waals surface area contributed by atoms with Crippen molar-refractivity contribution in [3.05, 3.63) is 251 Å². The summed E-state index contributed by atoms with van der Waals surface area (Å²) in [6, 6.07) is 61.3. The average molecular weight is 1180 g/mol. The zero-order valence-corrected chi connectivity index (χ0v) is 50.0. The van der Waals surface area contributed by atoms with Crippen molar-refractivity contribution >= 4 is 30.0 Å². The molecular weight excluding hydrogens is 1100 g/mol. The van der Waals surface area contributed by atoms with Gasteiger partial charge in [0.15, 0.2) is 0 Å². The molecule has 7 aromatic rings. The Morgan fingerprint density at radius 1 is 0.448 bits per heavy atom.